The molecule has 0 radical (unpaired) electrons. The summed E-state index contributed by atoms with van der Waals surface area (Å²) in [7, 11) is 0. The molecule has 1 aromatic heterocycles. The lowest BCUT2D eigenvalue weighted by atomic mass is 9.82. The van der Waals surface area contributed by atoms with Crippen molar-refractivity contribution in [3.8, 4) is 44.5 Å². The molecule has 0 spiro atoms. The number of rotatable bonds is 6. The van der Waals surface area contributed by atoms with E-state index < -0.39 is 0 Å². The predicted octanol–water partition coefficient (Wildman–Crippen LogP) is 16.7. The fourth-order valence-electron chi connectivity index (χ4n) is 10.1. The Labute approximate surface area is 355 Å². The topological polar surface area (TPSA) is 16.4 Å². The molecule has 0 bridgehead atoms. The Kier molecular flexibility index (Phi) is 7.92. The van der Waals surface area contributed by atoms with E-state index in [2.05, 4.69) is 225 Å². The van der Waals surface area contributed by atoms with Gasteiger partial charge in [0, 0.05) is 38.7 Å². The van der Waals surface area contributed by atoms with Gasteiger partial charge in [-0.15, -0.1) is 0 Å². The molecule has 1 aliphatic rings. The van der Waals surface area contributed by atoms with Gasteiger partial charge in [-0.25, -0.2) is 0 Å². The standard InChI is InChI=1S/C59H41NO/c1-59(2)54-25-12-10-21-48(54)49-33-32-43(37-55(49)59)60(42-30-27-39(28-31-42)45-23-14-24-51-50-22-11-13-26-57(50)61-58(45)51)56-34-29-41(36-53(56)38-15-4-3-5-16-38)52-35-40-17-6-7-18-44(40)46-19-8-9-20-47(46)52/h3-37H,1-2H3. The molecule has 0 N–H and O–H groups in total. The van der Waals surface area contributed by atoms with Crippen LogP contribution in [-0.4, -0.2) is 0 Å². The maximum absolute atomic E-state index is 6.50. The second kappa shape index (κ2) is 13.7. The number of benzene rings is 10. The van der Waals surface area contributed by atoms with Crippen LogP contribution in [0.2, 0.25) is 0 Å². The molecule has 0 amide bonds. The van der Waals surface area contributed by atoms with Crippen molar-refractivity contribution in [2.75, 3.05) is 4.90 Å². The van der Waals surface area contributed by atoms with E-state index in [1.165, 1.54) is 54.9 Å². The minimum atomic E-state index is -0.147. The van der Waals surface area contributed by atoms with Gasteiger partial charge in [0.2, 0.25) is 0 Å². The SMILES string of the molecule is CC1(C)c2ccccc2-c2ccc(N(c3ccc(-c4cccc5c4oc4ccccc45)cc3)c3ccc(-c4cc5ccccc5c5ccccc45)cc3-c3ccccc3)cc21. The number of para-hydroxylation sites is 2. The first-order valence-electron chi connectivity index (χ1n) is 21.2. The zero-order valence-corrected chi connectivity index (χ0v) is 34.1. The molecule has 0 saturated carbocycles. The molecule has 61 heavy (non-hydrogen) atoms. The van der Waals surface area contributed by atoms with Crippen LogP contribution in [0.4, 0.5) is 17.1 Å². The van der Waals surface area contributed by atoms with Gasteiger partial charge in [0.25, 0.3) is 0 Å². The quantitative estimate of drug-likeness (QED) is 0.156. The Balaban J connectivity index is 1.07. The Hall–Kier alpha value is -7.68. The van der Waals surface area contributed by atoms with Crippen molar-refractivity contribution in [1.29, 1.82) is 0 Å². The van der Waals surface area contributed by atoms with Crippen molar-refractivity contribution < 1.29 is 4.42 Å². The van der Waals surface area contributed by atoms with E-state index >= 15 is 0 Å². The lowest BCUT2D eigenvalue weighted by Crippen LogP contribution is -2.17. The molecule has 1 heterocycles. The van der Waals surface area contributed by atoms with E-state index in [1.54, 1.807) is 0 Å². The third-order valence-electron chi connectivity index (χ3n) is 13.1. The second-order valence-corrected chi connectivity index (χ2v) is 16.9. The molecule has 2 nitrogen and oxygen atoms in total. The molecule has 0 aliphatic heterocycles. The van der Waals surface area contributed by atoms with Gasteiger partial charge in [-0.3, -0.25) is 0 Å². The van der Waals surface area contributed by atoms with Crippen molar-refractivity contribution in [2.24, 2.45) is 0 Å². The predicted molar refractivity (Wildman–Crippen MR) is 257 cm³/mol. The van der Waals surface area contributed by atoms with E-state index in [1.807, 2.05) is 6.07 Å². The summed E-state index contributed by atoms with van der Waals surface area (Å²) in [4.78, 5) is 2.45. The number of hydrogen-bond acceptors (Lipinski definition) is 2. The van der Waals surface area contributed by atoms with Gasteiger partial charge in [-0.2, -0.15) is 0 Å². The molecule has 10 aromatic carbocycles. The maximum atomic E-state index is 6.50. The molecular weight excluding hydrogens is 739 g/mol. The lowest BCUT2D eigenvalue weighted by molar-refractivity contribution is 0.660. The van der Waals surface area contributed by atoms with Crippen LogP contribution in [0, 0.1) is 0 Å². The van der Waals surface area contributed by atoms with Crippen molar-refractivity contribution >= 4 is 60.5 Å². The summed E-state index contributed by atoms with van der Waals surface area (Å²) in [5.74, 6) is 0. The van der Waals surface area contributed by atoms with Gasteiger partial charge in [0.05, 0.1) is 5.69 Å². The summed E-state index contributed by atoms with van der Waals surface area (Å²) in [6.45, 7) is 4.72. The van der Waals surface area contributed by atoms with Gasteiger partial charge in [0.15, 0.2) is 0 Å². The number of fused-ring (bicyclic) bond motifs is 9. The van der Waals surface area contributed by atoms with Gasteiger partial charge in [0.1, 0.15) is 11.2 Å². The highest BCUT2D eigenvalue weighted by atomic mass is 16.3. The Morgan fingerprint density at radius 2 is 0.984 bits per heavy atom. The summed E-state index contributed by atoms with van der Waals surface area (Å²) in [6.07, 6.45) is 0. The van der Waals surface area contributed by atoms with E-state index in [-0.39, 0.29) is 5.41 Å². The summed E-state index contributed by atoms with van der Waals surface area (Å²) in [5, 5.41) is 7.30. The molecule has 2 heteroatoms. The number of nitrogens with zero attached hydrogens (tertiary/aromatic N) is 1. The maximum Gasteiger partial charge on any atom is 0.143 e. The smallest absolute Gasteiger partial charge is 0.143 e. The third kappa shape index (κ3) is 5.56. The first-order valence-corrected chi connectivity index (χ1v) is 21.2. The highest BCUT2D eigenvalue weighted by Gasteiger charge is 2.36. The van der Waals surface area contributed by atoms with Crippen LogP contribution in [-0.2, 0) is 5.41 Å². The molecule has 0 fully saturated rings. The summed E-state index contributed by atoms with van der Waals surface area (Å²) < 4.78 is 6.50. The van der Waals surface area contributed by atoms with Crippen LogP contribution in [0.5, 0.6) is 0 Å². The van der Waals surface area contributed by atoms with Gasteiger partial charge < -0.3 is 9.32 Å². The van der Waals surface area contributed by atoms with Gasteiger partial charge in [-0.05, 0) is 115 Å². The number of anilines is 3. The molecule has 0 saturated heterocycles. The Bertz CT molecular complexity index is 3500. The minimum absolute atomic E-state index is 0.147. The van der Waals surface area contributed by atoms with Crippen LogP contribution in [0.15, 0.2) is 217 Å². The first kappa shape index (κ1) is 35.3. The van der Waals surface area contributed by atoms with Crippen LogP contribution in [0.25, 0.3) is 88.0 Å². The van der Waals surface area contributed by atoms with E-state index in [0.29, 0.717) is 0 Å². The molecule has 288 valence electrons. The largest absolute Gasteiger partial charge is 0.455 e. The third-order valence-corrected chi connectivity index (χ3v) is 13.1. The zero-order valence-electron chi connectivity index (χ0n) is 34.1. The fraction of sp³-hybridized carbons (Fsp3) is 0.0508. The van der Waals surface area contributed by atoms with E-state index in [0.717, 1.165) is 61.3 Å². The van der Waals surface area contributed by atoms with E-state index in [4.69, 9.17) is 4.42 Å². The van der Waals surface area contributed by atoms with Crippen molar-refractivity contribution in [3.63, 3.8) is 0 Å². The lowest BCUT2D eigenvalue weighted by Gasteiger charge is -2.30. The highest BCUT2D eigenvalue weighted by Crippen LogP contribution is 2.52. The van der Waals surface area contributed by atoms with Crippen molar-refractivity contribution in [1.82, 2.24) is 0 Å². The van der Waals surface area contributed by atoms with Crippen LogP contribution in [0.3, 0.4) is 0 Å². The molecular formula is C59H41NO. The van der Waals surface area contributed by atoms with Crippen molar-refractivity contribution in [3.05, 3.63) is 223 Å². The van der Waals surface area contributed by atoms with Crippen LogP contribution in [0.1, 0.15) is 25.0 Å². The number of furan rings is 1. The second-order valence-electron chi connectivity index (χ2n) is 16.9. The molecule has 0 unspecified atom stereocenters. The molecule has 11 aromatic rings. The monoisotopic (exact) mass is 779 g/mol. The Morgan fingerprint density at radius 3 is 1.84 bits per heavy atom. The van der Waals surface area contributed by atoms with Crippen molar-refractivity contribution in [2.45, 2.75) is 19.3 Å². The van der Waals surface area contributed by atoms with E-state index in [9.17, 15) is 0 Å². The average molecular weight is 780 g/mol. The first-order chi connectivity index (χ1) is 30.0. The van der Waals surface area contributed by atoms with Crippen LogP contribution >= 0.6 is 0 Å². The summed E-state index contributed by atoms with van der Waals surface area (Å²) >= 11 is 0. The summed E-state index contributed by atoms with van der Waals surface area (Å²) in [6, 6.07) is 77.5. The molecule has 1 aliphatic carbocycles. The fourth-order valence-corrected chi connectivity index (χ4v) is 10.1. The van der Waals surface area contributed by atoms with Crippen LogP contribution < -0.4 is 4.90 Å². The highest BCUT2D eigenvalue weighted by molar-refractivity contribution is 6.14. The van der Waals surface area contributed by atoms with Gasteiger partial charge >= 0.3 is 0 Å². The number of hydrogen-bond donors (Lipinski definition) is 0. The molecule has 0 atom stereocenters. The normalized spacial score (nSPS) is 12.9. The summed E-state index contributed by atoms with van der Waals surface area (Å²) in [5.41, 5.74) is 17.2. The minimum Gasteiger partial charge on any atom is -0.455 e. The zero-order chi connectivity index (χ0) is 40.7. The Morgan fingerprint density at radius 1 is 0.361 bits per heavy atom. The average Bonchev–Trinajstić information content (AvgIpc) is 3.81. The molecule has 12 rings (SSSR count). The van der Waals surface area contributed by atoms with Gasteiger partial charge in [-0.1, -0.05) is 178 Å².